The second-order valence-electron chi connectivity index (χ2n) is 6.35. The number of amides is 1. The molecular weight excluding hydrogens is 293 g/mol. The van der Waals surface area contributed by atoms with Crippen molar-refractivity contribution in [1.82, 2.24) is 5.32 Å². The van der Waals surface area contributed by atoms with E-state index >= 15 is 0 Å². The van der Waals surface area contributed by atoms with Crippen LogP contribution in [0.5, 0.6) is 0 Å². The number of hydrogen-bond acceptors (Lipinski definition) is 2. The van der Waals surface area contributed by atoms with Gasteiger partial charge in [0.15, 0.2) is 0 Å². The standard InChI is InChI=1S/C16H21F3N2O/c1-10(2)13(20)14(22)21-9-15(6-7-15)11-4-3-5-12(8-11)16(17,18)19/h3-5,8,10,13H,6-7,9,20H2,1-2H3,(H,21,22)/t13-/m0/s1. The third-order valence-electron chi connectivity index (χ3n) is 4.28. The van der Waals surface area contributed by atoms with Crippen molar-refractivity contribution in [3.8, 4) is 0 Å². The van der Waals surface area contributed by atoms with Gasteiger partial charge in [0.25, 0.3) is 0 Å². The lowest BCUT2D eigenvalue weighted by atomic mass is 9.93. The van der Waals surface area contributed by atoms with Gasteiger partial charge in [-0.25, -0.2) is 0 Å². The van der Waals surface area contributed by atoms with Gasteiger partial charge in [-0.3, -0.25) is 4.79 Å². The maximum absolute atomic E-state index is 12.8. The third-order valence-corrected chi connectivity index (χ3v) is 4.28. The van der Waals surface area contributed by atoms with Gasteiger partial charge in [0.05, 0.1) is 11.6 Å². The highest BCUT2D eigenvalue weighted by Crippen LogP contribution is 2.48. The highest BCUT2D eigenvalue weighted by molar-refractivity contribution is 5.81. The molecule has 122 valence electrons. The van der Waals surface area contributed by atoms with Crippen molar-refractivity contribution in [2.45, 2.75) is 44.3 Å². The average Bonchev–Trinajstić information content (AvgIpc) is 3.24. The summed E-state index contributed by atoms with van der Waals surface area (Å²) in [6, 6.07) is 4.75. The zero-order valence-corrected chi connectivity index (χ0v) is 12.7. The number of nitrogens with one attached hydrogen (secondary N) is 1. The summed E-state index contributed by atoms with van der Waals surface area (Å²) in [4.78, 5) is 11.9. The minimum absolute atomic E-state index is 0.0173. The van der Waals surface area contributed by atoms with Crippen LogP contribution in [0.1, 0.15) is 37.8 Å². The van der Waals surface area contributed by atoms with Crippen LogP contribution in [0.3, 0.4) is 0 Å². The van der Waals surface area contributed by atoms with Crippen molar-refractivity contribution in [3.63, 3.8) is 0 Å². The molecule has 1 fully saturated rings. The fraction of sp³-hybridized carbons (Fsp3) is 0.562. The molecule has 2 rings (SSSR count). The molecule has 3 nitrogen and oxygen atoms in total. The van der Waals surface area contributed by atoms with Crippen molar-refractivity contribution in [3.05, 3.63) is 35.4 Å². The Kier molecular flexibility index (Phi) is 4.52. The van der Waals surface area contributed by atoms with E-state index in [0.29, 0.717) is 12.1 Å². The lowest BCUT2D eigenvalue weighted by Crippen LogP contribution is -2.46. The second kappa shape index (κ2) is 5.91. The van der Waals surface area contributed by atoms with Crippen LogP contribution in [0.25, 0.3) is 0 Å². The monoisotopic (exact) mass is 314 g/mol. The maximum Gasteiger partial charge on any atom is 0.416 e. The Morgan fingerprint density at radius 2 is 2.00 bits per heavy atom. The van der Waals surface area contributed by atoms with Gasteiger partial charge in [-0.15, -0.1) is 0 Å². The molecule has 0 radical (unpaired) electrons. The van der Waals surface area contributed by atoms with E-state index in [1.54, 1.807) is 6.07 Å². The van der Waals surface area contributed by atoms with Crippen LogP contribution in [0.15, 0.2) is 24.3 Å². The van der Waals surface area contributed by atoms with Crippen molar-refractivity contribution >= 4 is 5.91 Å². The molecule has 22 heavy (non-hydrogen) atoms. The van der Waals surface area contributed by atoms with Crippen LogP contribution in [0.4, 0.5) is 13.2 Å². The number of nitrogens with two attached hydrogens (primary N) is 1. The Bertz CT molecular complexity index is 551. The first kappa shape index (κ1) is 16.8. The van der Waals surface area contributed by atoms with Gasteiger partial charge in [-0.2, -0.15) is 13.2 Å². The van der Waals surface area contributed by atoms with E-state index in [-0.39, 0.29) is 17.2 Å². The molecule has 0 unspecified atom stereocenters. The summed E-state index contributed by atoms with van der Waals surface area (Å²) in [6.45, 7) is 4.03. The Hall–Kier alpha value is -1.56. The molecule has 1 aliphatic rings. The minimum atomic E-state index is -4.35. The predicted octanol–water partition coefficient (Wildman–Crippen LogP) is 2.84. The molecule has 1 aromatic rings. The molecule has 0 aliphatic heterocycles. The number of carbonyl (C=O) groups is 1. The van der Waals surface area contributed by atoms with Gasteiger partial charge in [0, 0.05) is 12.0 Å². The zero-order valence-electron chi connectivity index (χ0n) is 12.7. The Morgan fingerprint density at radius 3 is 2.50 bits per heavy atom. The van der Waals surface area contributed by atoms with E-state index in [2.05, 4.69) is 5.32 Å². The summed E-state index contributed by atoms with van der Waals surface area (Å²) in [6.07, 6.45) is -2.81. The van der Waals surface area contributed by atoms with Gasteiger partial charge in [-0.05, 0) is 30.4 Å². The second-order valence-corrected chi connectivity index (χ2v) is 6.35. The number of alkyl halides is 3. The van der Waals surface area contributed by atoms with E-state index in [0.717, 1.165) is 18.9 Å². The molecule has 3 N–H and O–H groups in total. The summed E-state index contributed by atoms with van der Waals surface area (Å²) in [5.41, 5.74) is 5.36. The molecule has 0 bridgehead atoms. The number of rotatable bonds is 5. The number of benzene rings is 1. The van der Waals surface area contributed by atoms with Crippen molar-refractivity contribution in [2.75, 3.05) is 6.54 Å². The molecule has 1 saturated carbocycles. The highest BCUT2D eigenvalue weighted by Gasteiger charge is 2.45. The summed E-state index contributed by atoms with van der Waals surface area (Å²) in [5.74, 6) is -0.239. The maximum atomic E-state index is 12.8. The molecule has 0 saturated heterocycles. The first-order valence-corrected chi connectivity index (χ1v) is 7.37. The van der Waals surface area contributed by atoms with E-state index < -0.39 is 17.8 Å². The topological polar surface area (TPSA) is 55.1 Å². The van der Waals surface area contributed by atoms with Gasteiger partial charge in [-0.1, -0.05) is 32.0 Å². The summed E-state index contributed by atoms with van der Waals surface area (Å²) >= 11 is 0. The van der Waals surface area contributed by atoms with E-state index in [4.69, 9.17) is 5.73 Å². The summed E-state index contributed by atoms with van der Waals surface area (Å²) < 4.78 is 38.4. The van der Waals surface area contributed by atoms with Gasteiger partial charge < -0.3 is 11.1 Å². The molecule has 1 atom stereocenters. The Morgan fingerprint density at radius 1 is 1.36 bits per heavy atom. The molecule has 1 aliphatic carbocycles. The molecule has 1 aromatic carbocycles. The number of carbonyl (C=O) groups excluding carboxylic acids is 1. The number of halogens is 3. The lowest BCUT2D eigenvalue weighted by molar-refractivity contribution is -0.137. The fourth-order valence-corrected chi connectivity index (χ4v) is 2.42. The molecule has 0 aromatic heterocycles. The first-order valence-electron chi connectivity index (χ1n) is 7.37. The number of hydrogen-bond donors (Lipinski definition) is 2. The van der Waals surface area contributed by atoms with Crippen LogP contribution in [-0.4, -0.2) is 18.5 Å². The predicted molar refractivity (Wildman–Crippen MR) is 78.2 cm³/mol. The Balaban J connectivity index is 2.08. The highest BCUT2D eigenvalue weighted by atomic mass is 19.4. The van der Waals surface area contributed by atoms with Gasteiger partial charge in [0.2, 0.25) is 5.91 Å². The van der Waals surface area contributed by atoms with Gasteiger partial charge in [0.1, 0.15) is 0 Å². The minimum Gasteiger partial charge on any atom is -0.354 e. The van der Waals surface area contributed by atoms with Crippen molar-refractivity contribution < 1.29 is 18.0 Å². The van der Waals surface area contributed by atoms with Crippen LogP contribution in [0.2, 0.25) is 0 Å². The normalized spacial score (nSPS) is 18.1. The molecular formula is C16H21F3N2O. The molecule has 1 amide bonds. The van der Waals surface area contributed by atoms with Crippen LogP contribution < -0.4 is 11.1 Å². The quantitative estimate of drug-likeness (QED) is 0.878. The smallest absolute Gasteiger partial charge is 0.354 e. The molecule has 6 heteroatoms. The fourth-order valence-electron chi connectivity index (χ4n) is 2.42. The largest absolute Gasteiger partial charge is 0.416 e. The summed E-state index contributed by atoms with van der Waals surface area (Å²) in [5, 5.41) is 2.78. The van der Waals surface area contributed by atoms with E-state index in [1.165, 1.54) is 12.1 Å². The van der Waals surface area contributed by atoms with Crippen molar-refractivity contribution in [2.24, 2.45) is 11.7 Å². The average molecular weight is 314 g/mol. The van der Waals surface area contributed by atoms with Crippen LogP contribution >= 0.6 is 0 Å². The SMILES string of the molecule is CC(C)[C@H](N)C(=O)NCC1(c2cccc(C(F)(F)F)c2)CC1. The zero-order chi connectivity index (χ0) is 16.5. The van der Waals surface area contributed by atoms with E-state index in [1.807, 2.05) is 13.8 Å². The molecule has 0 spiro atoms. The third kappa shape index (κ3) is 3.61. The lowest BCUT2D eigenvalue weighted by Gasteiger charge is -2.21. The Labute approximate surface area is 128 Å². The van der Waals surface area contributed by atoms with E-state index in [9.17, 15) is 18.0 Å². The van der Waals surface area contributed by atoms with Crippen LogP contribution in [-0.2, 0) is 16.4 Å². The van der Waals surface area contributed by atoms with Crippen LogP contribution in [0, 0.1) is 5.92 Å². The summed E-state index contributed by atoms with van der Waals surface area (Å²) in [7, 11) is 0. The van der Waals surface area contributed by atoms with Crippen molar-refractivity contribution in [1.29, 1.82) is 0 Å². The first-order chi connectivity index (χ1) is 10.2. The molecule has 0 heterocycles. The van der Waals surface area contributed by atoms with Gasteiger partial charge >= 0.3 is 6.18 Å².